The van der Waals surface area contributed by atoms with E-state index in [4.69, 9.17) is 10.5 Å². The maximum Gasteiger partial charge on any atom is 0.227 e. The third-order valence-corrected chi connectivity index (χ3v) is 4.73. The smallest absolute Gasteiger partial charge is 0.227 e. The molecule has 2 saturated carbocycles. The molecule has 0 atom stereocenters. The average Bonchev–Trinajstić information content (AvgIpc) is 2.94. The largest absolute Gasteiger partial charge is 0.376 e. The maximum atomic E-state index is 12.2. The van der Waals surface area contributed by atoms with Crippen molar-refractivity contribution in [1.82, 2.24) is 5.32 Å². The number of ether oxygens (including phenoxy) is 1. The molecule has 0 unspecified atom stereocenters. The summed E-state index contributed by atoms with van der Waals surface area (Å²) in [5.41, 5.74) is 5.51. The van der Waals surface area contributed by atoms with Gasteiger partial charge in [-0.3, -0.25) is 4.79 Å². The third kappa shape index (κ3) is 4.61. The molecule has 0 aromatic carbocycles. The van der Waals surface area contributed by atoms with Crippen molar-refractivity contribution < 1.29 is 9.53 Å². The van der Waals surface area contributed by atoms with Gasteiger partial charge in [-0.1, -0.05) is 32.1 Å². The van der Waals surface area contributed by atoms with E-state index in [0.29, 0.717) is 25.8 Å². The summed E-state index contributed by atoms with van der Waals surface area (Å²) < 4.78 is 5.82. The molecule has 0 bridgehead atoms. The Kier molecular flexibility index (Phi) is 7.85. The molecule has 0 heterocycles. The monoisotopic (exact) mass is 304 g/mol. The Morgan fingerprint density at radius 2 is 1.80 bits per heavy atom. The Morgan fingerprint density at radius 3 is 2.40 bits per heavy atom. The molecule has 3 N–H and O–H groups in total. The van der Waals surface area contributed by atoms with Crippen molar-refractivity contribution >= 4 is 18.3 Å². The van der Waals surface area contributed by atoms with E-state index in [-0.39, 0.29) is 23.7 Å². The first-order chi connectivity index (χ1) is 9.27. The van der Waals surface area contributed by atoms with Crippen molar-refractivity contribution in [3.05, 3.63) is 0 Å². The van der Waals surface area contributed by atoms with Crippen molar-refractivity contribution in [3.8, 4) is 0 Å². The summed E-state index contributed by atoms with van der Waals surface area (Å²) in [6.45, 7) is 1.73. The van der Waals surface area contributed by atoms with E-state index in [2.05, 4.69) is 5.32 Å². The number of amides is 1. The first kappa shape index (κ1) is 17.7. The topological polar surface area (TPSA) is 64.4 Å². The van der Waals surface area contributed by atoms with Gasteiger partial charge < -0.3 is 15.8 Å². The highest BCUT2D eigenvalue weighted by Crippen LogP contribution is 2.37. The highest BCUT2D eigenvalue weighted by atomic mass is 35.5. The van der Waals surface area contributed by atoms with Crippen molar-refractivity contribution in [3.63, 3.8) is 0 Å². The van der Waals surface area contributed by atoms with E-state index in [1.54, 1.807) is 0 Å². The van der Waals surface area contributed by atoms with Crippen LogP contribution in [0.3, 0.4) is 0 Å². The quantitative estimate of drug-likeness (QED) is 0.741. The molecule has 0 saturated heterocycles. The van der Waals surface area contributed by atoms with Crippen LogP contribution in [0.4, 0.5) is 0 Å². The van der Waals surface area contributed by atoms with E-state index in [0.717, 1.165) is 25.7 Å². The fourth-order valence-electron chi connectivity index (χ4n) is 3.39. The van der Waals surface area contributed by atoms with Gasteiger partial charge in [-0.25, -0.2) is 0 Å². The zero-order valence-electron chi connectivity index (χ0n) is 12.4. The van der Waals surface area contributed by atoms with E-state index in [9.17, 15) is 4.79 Å². The lowest BCUT2D eigenvalue weighted by Gasteiger charge is -2.26. The highest BCUT2D eigenvalue weighted by Gasteiger charge is 2.39. The van der Waals surface area contributed by atoms with Crippen LogP contribution in [0.1, 0.15) is 57.8 Å². The zero-order chi connectivity index (χ0) is 13.6. The molecule has 20 heavy (non-hydrogen) atoms. The highest BCUT2D eigenvalue weighted by molar-refractivity contribution is 5.85. The predicted molar refractivity (Wildman–Crippen MR) is 83.0 cm³/mol. The van der Waals surface area contributed by atoms with Gasteiger partial charge in [-0.2, -0.15) is 0 Å². The Bertz CT molecular complexity index is 288. The zero-order valence-corrected chi connectivity index (χ0v) is 13.2. The molecule has 5 heteroatoms. The van der Waals surface area contributed by atoms with Crippen LogP contribution in [-0.4, -0.2) is 31.7 Å². The molecule has 4 nitrogen and oxygen atoms in total. The lowest BCUT2D eigenvalue weighted by Crippen LogP contribution is -2.45. The van der Waals surface area contributed by atoms with E-state index in [1.165, 1.54) is 32.1 Å². The Labute approximate surface area is 128 Å². The number of rotatable bonds is 6. The molecule has 0 radical (unpaired) electrons. The van der Waals surface area contributed by atoms with E-state index < -0.39 is 0 Å². The molecular formula is C15H29ClN2O2. The normalized spacial score (nSPS) is 22.2. The standard InChI is InChI=1S/C15H28N2O2.ClH/c16-12-15(8-4-5-9-15)14(18)17-10-11-19-13-6-2-1-3-7-13;/h13H,1-12,16H2,(H,17,18);1H. The first-order valence-corrected chi connectivity index (χ1v) is 7.87. The van der Waals surface area contributed by atoms with E-state index >= 15 is 0 Å². The molecule has 0 aromatic heterocycles. The van der Waals surface area contributed by atoms with Gasteiger partial charge in [-0.15, -0.1) is 12.4 Å². The fourth-order valence-corrected chi connectivity index (χ4v) is 3.39. The molecule has 1 amide bonds. The summed E-state index contributed by atoms with van der Waals surface area (Å²) in [6, 6.07) is 0. The summed E-state index contributed by atoms with van der Waals surface area (Å²) in [4.78, 5) is 12.2. The number of nitrogens with one attached hydrogen (secondary N) is 1. The van der Waals surface area contributed by atoms with Gasteiger partial charge in [0.1, 0.15) is 0 Å². The minimum atomic E-state index is -0.287. The van der Waals surface area contributed by atoms with Crippen molar-refractivity contribution in [2.45, 2.75) is 63.9 Å². The first-order valence-electron chi connectivity index (χ1n) is 7.87. The van der Waals surface area contributed by atoms with Crippen LogP contribution in [0.2, 0.25) is 0 Å². The summed E-state index contributed by atoms with van der Waals surface area (Å²) in [5.74, 6) is 0.139. The Hall–Kier alpha value is -0.320. The fraction of sp³-hybridized carbons (Fsp3) is 0.933. The number of halogens is 1. The molecule has 0 spiro atoms. The van der Waals surface area contributed by atoms with Crippen LogP contribution in [0, 0.1) is 5.41 Å². The van der Waals surface area contributed by atoms with Crippen molar-refractivity contribution in [1.29, 1.82) is 0 Å². The lowest BCUT2D eigenvalue weighted by atomic mass is 9.85. The van der Waals surface area contributed by atoms with E-state index in [1.807, 2.05) is 0 Å². The Balaban J connectivity index is 0.00000200. The van der Waals surface area contributed by atoms with Crippen LogP contribution in [0.5, 0.6) is 0 Å². The maximum absolute atomic E-state index is 12.2. The third-order valence-electron chi connectivity index (χ3n) is 4.73. The van der Waals surface area contributed by atoms with Crippen LogP contribution < -0.4 is 11.1 Å². The molecule has 0 aromatic rings. The number of nitrogens with two attached hydrogens (primary N) is 1. The molecule has 0 aliphatic heterocycles. The van der Waals surface area contributed by atoms with Gasteiger partial charge in [0.25, 0.3) is 0 Å². The Morgan fingerprint density at radius 1 is 1.15 bits per heavy atom. The van der Waals surface area contributed by atoms with Crippen LogP contribution >= 0.6 is 12.4 Å². The molecule has 2 aliphatic carbocycles. The number of hydrogen-bond donors (Lipinski definition) is 2. The SMILES string of the molecule is Cl.NCC1(C(=O)NCCOC2CCCCC2)CCCC1. The van der Waals surface area contributed by atoms with Gasteiger partial charge in [-0.05, 0) is 25.7 Å². The number of carbonyl (C=O) groups excluding carboxylic acids is 1. The minimum Gasteiger partial charge on any atom is -0.376 e. The molecule has 118 valence electrons. The van der Waals surface area contributed by atoms with Crippen LogP contribution in [-0.2, 0) is 9.53 Å². The predicted octanol–water partition coefficient (Wildman–Crippen LogP) is 2.39. The minimum absolute atomic E-state index is 0. The van der Waals surface area contributed by atoms with Gasteiger partial charge >= 0.3 is 0 Å². The van der Waals surface area contributed by atoms with Gasteiger partial charge in [0.05, 0.1) is 18.1 Å². The number of carbonyl (C=O) groups is 1. The summed E-state index contributed by atoms with van der Waals surface area (Å²) in [6.07, 6.45) is 10.8. The second-order valence-electron chi connectivity index (χ2n) is 6.08. The van der Waals surface area contributed by atoms with Crippen molar-refractivity contribution in [2.75, 3.05) is 19.7 Å². The van der Waals surface area contributed by atoms with Gasteiger partial charge in [0.15, 0.2) is 0 Å². The van der Waals surface area contributed by atoms with Gasteiger partial charge in [0, 0.05) is 13.1 Å². The molecule has 2 aliphatic rings. The second kappa shape index (κ2) is 8.85. The molecular weight excluding hydrogens is 276 g/mol. The van der Waals surface area contributed by atoms with Crippen LogP contribution in [0.15, 0.2) is 0 Å². The second-order valence-corrected chi connectivity index (χ2v) is 6.08. The van der Waals surface area contributed by atoms with Crippen molar-refractivity contribution in [2.24, 2.45) is 11.1 Å². The van der Waals surface area contributed by atoms with Gasteiger partial charge in [0.2, 0.25) is 5.91 Å². The number of hydrogen-bond acceptors (Lipinski definition) is 3. The van der Waals surface area contributed by atoms with Crippen LogP contribution in [0.25, 0.3) is 0 Å². The molecule has 2 rings (SSSR count). The summed E-state index contributed by atoms with van der Waals surface area (Å²) in [5, 5.41) is 3.01. The molecule has 2 fully saturated rings. The summed E-state index contributed by atoms with van der Waals surface area (Å²) in [7, 11) is 0. The summed E-state index contributed by atoms with van der Waals surface area (Å²) >= 11 is 0. The lowest BCUT2D eigenvalue weighted by molar-refractivity contribution is -0.130. The average molecular weight is 305 g/mol.